The molecule has 0 radical (unpaired) electrons. The highest BCUT2D eigenvalue weighted by Crippen LogP contribution is 2.60. The van der Waals surface area contributed by atoms with Crippen LogP contribution in [0.15, 0.2) is 0 Å². The molecule has 0 aromatic heterocycles. The summed E-state index contributed by atoms with van der Waals surface area (Å²) in [6.45, 7) is 2.30. The number of hydrogen-bond donors (Lipinski definition) is 1. The summed E-state index contributed by atoms with van der Waals surface area (Å²) in [6, 6.07) is 0.744. The van der Waals surface area contributed by atoms with Crippen LogP contribution < -0.4 is 5.32 Å². The first-order chi connectivity index (χ1) is 8.80. The van der Waals surface area contributed by atoms with E-state index in [0.717, 1.165) is 24.0 Å². The minimum Gasteiger partial charge on any atom is -0.375 e. The van der Waals surface area contributed by atoms with Crippen molar-refractivity contribution in [2.24, 2.45) is 11.3 Å². The second kappa shape index (κ2) is 4.21. The zero-order valence-corrected chi connectivity index (χ0v) is 11.5. The van der Waals surface area contributed by atoms with Crippen LogP contribution in [0.2, 0.25) is 0 Å². The summed E-state index contributed by atoms with van der Waals surface area (Å²) in [5, 5.41) is 3.92. The molecule has 0 bridgehead atoms. The van der Waals surface area contributed by atoms with Crippen LogP contribution >= 0.6 is 0 Å². The van der Waals surface area contributed by atoms with Gasteiger partial charge in [0.25, 0.3) is 0 Å². The van der Waals surface area contributed by atoms with Crippen molar-refractivity contribution in [1.29, 1.82) is 0 Å². The molecule has 3 saturated carbocycles. The molecular formula is C16H27NO. The number of ether oxygens (including phenoxy) is 1. The summed E-state index contributed by atoms with van der Waals surface area (Å²) in [4.78, 5) is 0. The van der Waals surface area contributed by atoms with E-state index in [2.05, 4.69) is 5.32 Å². The summed E-state index contributed by atoms with van der Waals surface area (Å²) in [5.41, 5.74) is 1.04. The van der Waals surface area contributed by atoms with E-state index in [4.69, 9.17) is 4.74 Å². The van der Waals surface area contributed by atoms with Crippen LogP contribution in [0.4, 0.5) is 0 Å². The third kappa shape index (κ3) is 2.12. The van der Waals surface area contributed by atoms with Crippen molar-refractivity contribution < 1.29 is 4.74 Å². The molecule has 2 nitrogen and oxygen atoms in total. The number of hydrogen-bond acceptors (Lipinski definition) is 2. The normalized spacial score (nSPS) is 37.0. The first-order valence-electron chi connectivity index (χ1n) is 8.18. The minimum atomic E-state index is 0.284. The molecule has 18 heavy (non-hydrogen) atoms. The van der Waals surface area contributed by atoms with Crippen LogP contribution in [0.3, 0.4) is 0 Å². The second-order valence-electron chi connectivity index (χ2n) is 7.45. The molecule has 0 aromatic carbocycles. The van der Waals surface area contributed by atoms with Crippen LogP contribution in [-0.2, 0) is 4.74 Å². The molecule has 0 amide bonds. The molecule has 1 aliphatic heterocycles. The van der Waals surface area contributed by atoms with Crippen molar-refractivity contribution >= 4 is 0 Å². The minimum absolute atomic E-state index is 0.284. The lowest BCUT2D eigenvalue weighted by molar-refractivity contribution is -0.0840. The average Bonchev–Trinajstić information content (AvgIpc) is 3.28. The topological polar surface area (TPSA) is 21.3 Å². The Kier molecular flexibility index (Phi) is 2.74. The molecule has 4 aliphatic rings. The fraction of sp³-hybridized carbons (Fsp3) is 1.00. The Morgan fingerprint density at radius 3 is 2.44 bits per heavy atom. The zero-order valence-electron chi connectivity index (χ0n) is 11.5. The van der Waals surface area contributed by atoms with Gasteiger partial charge in [-0.3, -0.25) is 0 Å². The second-order valence-corrected chi connectivity index (χ2v) is 7.45. The Morgan fingerprint density at radius 2 is 1.78 bits per heavy atom. The van der Waals surface area contributed by atoms with Gasteiger partial charge in [-0.15, -0.1) is 0 Å². The molecule has 1 atom stereocenters. The third-order valence-corrected chi connectivity index (χ3v) is 6.09. The summed E-state index contributed by atoms with van der Waals surface area (Å²) in [7, 11) is 0. The largest absolute Gasteiger partial charge is 0.375 e. The third-order valence-electron chi connectivity index (χ3n) is 6.09. The van der Waals surface area contributed by atoms with Gasteiger partial charge in [0.1, 0.15) is 0 Å². The van der Waals surface area contributed by atoms with Crippen LogP contribution in [0, 0.1) is 11.3 Å². The quantitative estimate of drug-likeness (QED) is 0.825. The van der Waals surface area contributed by atoms with Gasteiger partial charge < -0.3 is 10.1 Å². The Morgan fingerprint density at radius 1 is 1.00 bits per heavy atom. The Balaban J connectivity index is 1.31. The molecule has 1 N–H and O–H groups in total. The maximum Gasteiger partial charge on any atom is 0.0697 e. The predicted octanol–water partition coefficient (Wildman–Crippen LogP) is 3.26. The van der Waals surface area contributed by atoms with Crippen molar-refractivity contribution in [3.8, 4) is 0 Å². The Bertz CT molecular complexity index is 313. The van der Waals surface area contributed by atoms with Crippen LogP contribution in [-0.4, -0.2) is 24.8 Å². The molecule has 0 aromatic rings. The van der Waals surface area contributed by atoms with Gasteiger partial charge in [0, 0.05) is 19.2 Å². The first kappa shape index (κ1) is 11.7. The Hall–Kier alpha value is -0.0800. The standard InChI is InChI=1S/C16H27NO/c1-2-7-16(6-1)11-14(5-10-18-16)17-12-15(8-9-15)13-3-4-13/h13-14,17H,1-12H2. The highest BCUT2D eigenvalue weighted by molar-refractivity contribution is 5.06. The smallest absolute Gasteiger partial charge is 0.0697 e. The van der Waals surface area contributed by atoms with E-state index in [0.29, 0.717) is 0 Å². The number of nitrogens with one attached hydrogen (secondary N) is 1. The van der Waals surface area contributed by atoms with Crippen molar-refractivity contribution in [2.75, 3.05) is 13.2 Å². The molecule has 102 valence electrons. The van der Waals surface area contributed by atoms with Gasteiger partial charge in [0.05, 0.1) is 5.60 Å². The van der Waals surface area contributed by atoms with E-state index in [1.807, 2.05) is 0 Å². The van der Waals surface area contributed by atoms with E-state index in [9.17, 15) is 0 Å². The average molecular weight is 249 g/mol. The predicted molar refractivity (Wildman–Crippen MR) is 72.6 cm³/mol. The summed E-state index contributed by atoms with van der Waals surface area (Å²) in [6.07, 6.45) is 14.0. The van der Waals surface area contributed by atoms with Crippen molar-refractivity contribution in [1.82, 2.24) is 5.32 Å². The van der Waals surface area contributed by atoms with Crippen molar-refractivity contribution in [3.63, 3.8) is 0 Å². The maximum atomic E-state index is 6.12. The van der Waals surface area contributed by atoms with Crippen LogP contribution in [0.5, 0.6) is 0 Å². The van der Waals surface area contributed by atoms with Gasteiger partial charge in [-0.1, -0.05) is 12.8 Å². The summed E-state index contributed by atoms with van der Waals surface area (Å²) < 4.78 is 6.12. The van der Waals surface area contributed by atoms with E-state index < -0.39 is 0 Å². The molecule has 1 heterocycles. The van der Waals surface area contributed by atoms with Gasteiger partial charge in [-0.25, -0.2) is 0 Å². The van der Waals surface area contributed by atoms with Crippen LogP contribution in [0.1, 0.15) is 64.2 Å². The van der Waals surface area contributed by atoms with Gasteiger partial charge in [-0.05, 0) is 62.7 Å². The molecule has 2 heteroatoms. The van der Waals surface area contributed by atoms with Gasteiger partial charge in [0.15, 0.2) is 0 Å². The lowest BCUT2D eigenvalue weighted by atomic mass is 9.88. The van der Waals surface area contributed by atoms with Crippen LogP contribution in [0.25, 0.3) is 0 Å². The highest BCUT2D eigenvalue weighted by atomic mass is 16.5. The van der Waals surface area contributed by atoms with Gasteiger partial charge in [-0.2, -0.15) is 0 Å². The number of rotatable bonds is 4. The zero-order chi connectivity index (χ0) is 12.1. The molecule has 1 unspecified atom stereocenters. The first-order valence-corrected chi connectivity index (χ1v) is 8.18. The monoisotopic (exact) mass is 249 g/mol. The lowest BCUT2D eigenvalue weighted by Crippen LogP contribution is -2.47. The SMILES string of the molecule is C1CCC2(C1)CC(NCC1(C3CC3)CC1)CCO2. The van der Waals surface area contributed by atoms with Crippen molar-refractivity contribution in [2.45, 2.75) is 75.9 Å². The van der Waals surface area contributed by atoms with E-state index >= 15 is 0 Å². The molecular weight excluding hydrogens is 222 g/mol. The van der Waals surface area contributed by atoms with Crippen molar-refractivity contribution in [3.05, 3.63) is 0 Å². The lowest BCUT2D eigenvalue weighted by Gasteiger charge is -2.39. The highest BCUT2D eigenvalue weighted by Gasteiger charge is 2.53. The molecule has 4 fully saturated rings. The fourth-order valence-corrected chi connectivity index (χ4v) is 4.50. The van der Waals surface area contributed by atoms with Gasteiger partial charge >= 0.3 is 0 Å². The molecule has 1 spiro atoms. The van der Waals surface area contributed by atoms with E-state index in [-0.39, 0.29) is 5.60 Å². The van der Waals surface area contributed by atoms with E-state index in [1.165, 1.54) is 70.8 Å². The molecule has 3 aliphatic carbocycles. The fourth-order valence-electron chi connectivity index (χ4n) is 4.50. The molecule has 4 rings (SSSR count). The summed E-state index contributed by atoms with van der Waals surface area (Å²) >= 11 is 0. The summed E-state index contributed by atoms with van der Waals surface area (Å²) in [5.74, 6) is 1.09. The maximum absolute atomic E-state index is 6.12. The molecule has 1 saturated heterocycles. The Labute approximate surface area is 111 Å². The van der Waals surface area contributed by atoms with E-state index in [1.54, 1.807) is 0 Å². The van der Waals surface area contributed by atoms with Gasteiger partial charge in [0.2, 0.25) is 0 Å².